The molecule has 0 aliphatic rings. The van der Waals surface area contributed by atoms with Crippen LogP contribution in [0.15, 0.2) is 24.3 Å². The summed E-state index contributed by atoms with van der Waals surface area (Å²) in [5.41, 5.74) is 6.46. The molecule has 0 aliphatic heterocycles. The van der Waals surface area contributed by atoms with Gasteiger partial charge < -0.3 is 26.4 Å². The number of anilines is 2. The van der Waals surface area contributed by atoms with Crippen LogP contribution in [0.1, 0.15) is 6.92 Å². The molecule has 0 radical (unpaired) electrons. The second-order valence-electron chi connectivity index (χ2n) is 4.00. The number of ether oxygens (including phenoxy) is 1. The molecule has 0 aliphatic carbocycles. The summed E-state index contributed by atoms with van der Waals surface area (Å²) in [6.45, 7) is 1.78. The number of hydrogen-bond donors (Lipinski definition) is 4. The summed E-state index contributed by atoms with van der Waals surface area (Å²) in [6, 6.07) is 4.61. The molecule has 0 spiro atoms. The van der Waals surface area contributed by atoms with Gasteiger partial charge in [-0.3, -0.25) is 4.79 Å². The van der Waals surface area contributed by atoms with Gasteiger partial charge in [0, 0.05) is 18.4 Å². The Balaban J connectivity index is 2.61. The highest BCUT2D eigenvalue weighted by molar-refractivity contribution is 6.08. The summed E-state index contributed by atoms with van der Waals surface area (Å²) in [6.07, 6.45) is 0. The lowest BCUT2D eigenvalue weighted by Crippen LogP contribution is -2.43. The molecule has 114 valence electrons. The van der Waals surface area contributed by atoms with Gasteiger partial charge in [0.2, 0.25) is 0 Å². The highest BCUT2D eigenvalue weighted by Crippen LogP contribution is 2.13. The first-order valence-corrected chi connectivity index (χ1v) is 6.29. The van der Waals surface area contributed by atoms with E-state index in [1.54, 1.807) is 31.2 Å². The smallest absolute Gasteiger partial charge is 0.332 e. The Hall–Kier alpha value is -2.61. The van der Waals surface area contributed by atoms with E-state index in [9.17, 15) is 14.4 Å². The predicted molar refractivity (Wildman–Crippen MR) is 77.8 cm³/mol. The maximum atomic E-state index is 11.7. The molecule has 1 unspecified atom stereocenters. The van der Waals surface area contributed by atoms with Crippen LogP contribution in [0.2, 0.25) is 0 Å². The van der Waals surface area contributed by atoms with Crippen molar-refractivity contribution in [3.8, 4) is 0 Å². The summed E-state index contributed by atoms with van der Waals surface area (Å²) in [5, 5.41) is 7.46. The molecule has 0 bridgehead atoms. The molecule has 3 amide bonds. The first kappa shape index (κ1) is 16.4. The molecule has 8 heteroatoms. The number of nitrogens with two attached hydrogens (primary N) is 1. The highest BCUT2D eigenvalue weighted by atomic mass is 16.5. The lowest BCUT2D eigenvalue weighted by molar-refractivity contribution is -0.146. The predicted octanol–water partition coefficient (Wildman–Crippen LogP) is 0.267. The van der Waals surface area contributed by atoms with Crippen molar-refractivity contribution < 1.29 is 19.1 Å². The van der Waals surface area contributed by atoms with E-state index in [-0.39, 0.29) is 12.6 Å². The first-order chi connectivity index (χ1) is 9.97. The quantitative estimate of drug-likeness (QED) is 0.458. The number of urea groups is 1. The molecule has 1 aromatic rings. The minimum absolute atomic E-state index is 0.152. The zero-order chi connectivity index (χ0) is 15.8. The number of esters is 1. The molecule has 21 heavy (non-hydrogen) atoms. The molecule has 0 saturated heterocycles. The number of benzene rings is 1. The lowest BCUT2D eigenvalue weighted by atomic mass is 10.2. The van der Waals surface area contributed by atoms with E-state index in [0.717, 1.165) is 0 Å². The minimum atomic E-state index is -1.38. The van der Waals surface area contributed by atoms with Crippen molar-refractivity contribution in [2.75, 3.05) is 24.3 Å². The summed E-state index contributed by atoms with van der Waals surface area (Å²) < 4.78 is 4.66. The maximum absolute atomic E-state index is 11.7. The average molecular weight is 294 g/mol. The summed E-state index contributed by atoms with van der Waals surface area (Å²) in [4.78, 5) is 34.2. The third-order valence-corrected chi connectivity index (χ3v) is 2.46. The fourth-order valence-corrected chi connectivity index (χ4v) is 1.39. The normalized spacial score (nSPS) is 11.2. The van der Waals surface area contributed by atoms with Crippen molar-refractivity contribution in [1.82, 2.24) is 5.32 Å². The molecule has 0 aromatic heterocycles. The van der Waals surface area contributed by atoms with Gasteiger partial charge in [0.15, 0.2) is 6.04 Å². The Kier molecular flexibility index (Phi) is 6.15. The first-order valence-electron chi connectivity index (χ1n) is 6.29. The molecular formula is C13H18N4O4. The van der Waals surface area contributed by atoms with Crippen LogP contribution in [0.5, 0.6) is 0 Å². The number of amides is 3. The molecule has 8 nitrogen and oxygen atoms in total. The zero-order valence-corrected chi connectivity index (χ0v) is 11.8. The van der Waals surface area contributed by atoms with Gasteiger partial charge in [-0.2, -0.15) is 0 Å². The zero-order valence-electron chi connectivity index (χ0n) is 11.8. The van der Waals surface area contributed by atoms with Crippen molar-refractivity contribution in [2.45, 2.75) is 13.0 Å². The molecule has 1 aromatic carbocycles. The Morgan fingerprint density at radius 3 is 2.14 bits per heavy atom. The maximum Gasteiger partial charge on any atom is 0.332 e. The van der Waals surface area contributed by atoms with E-state index < -0.39 is 17.9 Å². The summed E-state index contributed by atoms with van der Waals surface area (Å²) >= 11 is 0. The van der Waals surface area contributed by atoms with Gasteiger partial charge >= 0.3 is 12.0 Å². The highest BCUT2D eigenvalue weighted by Gasteiger charge is 2.23. The third-order valence-electron chi connectivity index (χ3n) is 2.46. The standard InChI is InChI=1S/C13H18N4O4/c1-3-21-12(19)10(14)11(18)16-8-4-6-9(7-5-8)17-13(20)15-2/h4-7,10H,3,14H2,1-2H3,(H,16,18)(H2,15,17,20). The molecule has 0 heterocycles. The molecule has 0 fully saturated rings. The van der Waals surface area contributed by atoms with E-state index in [4.69, 9.17) is 5.73 Å². The third kappa shape index (κ3) is 5.11. The molecule has 1 rings (SSSR count). The molecule has 5 N–H and O–H groups in total. The van der Waals surface area contributed by atoms with E-state index in [0.29, 0.717) is 11.4 Å². The summed E-state index contributed by atoms with van der Waals surface area (Å²) in [7, 11) is 1.50. The number of nitrogens with one attached hydrogen (secondary N) is 3. The van der Waals surface area contributed by atoms with Crippen LogP contribution < -0.4 is 21.7 Å². The molecular weight excluding hydrogens is 276 g/mol. The molecule has 1 atom stereocenters. The van der Waals surface area contributed by atoms with Gasteiger partial charge in [-0.1, -0.05) is 0 Å². The van der Waals surface area contributed by atoms with Crippen LogP contribution in [-0.4, -0.2) is 37.6 Å². The molecule has 0 saturated carbocycles. The Morgan fingerprint density at radius 2 is 1.67 bits per heavy atom. The van der Waals surface area contributed by atoms with E-state index in [1.165, 1.54) is 7.05 Å². The van der Waals surface area contributed by atoms with Gasteiger partial charge in [0.05, 0.1) is 6.61 Å². The SMILES string of the molecule is CCOC(=O)C(N)C(=O)Nc1ccc(NC(=O)NC)cc1. The van der Waals surface area contributed by atoms with Crippen molar-refractivity contribution >= 4 is 29.3 Å². The lowest BCUT2D eigenvalue weighted by Gasteiger charge is -2.11. The van der Waals surface area contributed by atoms with Crippen LogP contribution in [0.25, 0.3) is 0 Å². The number of hydrogen-bond acceptors (Lipinski definition) is 5. The van der Waals surface area contributed by atoms with Crippen LogP contribution >= 0.6 is 0 Å². The van der Waals surface area contributed by atoms with Crippen LogP contribution in [0, 0.1) is 0 Å². The fraction of sp³-hybridized carbons (Fsp3) is 0.308. The topological polar surface area (TPSA) is 123 Å². The number of carbonyl (C=O) groups excluding carboxylic acids is 3. The van der Waals surface area contributed by atoms with E-state index >= 15 is 0 Å². The number of carbonyl (C=O) groups is 3. The van der Waals surface area contributed by atoms with E-state index in [2.05, 4.69) is 20.7 Å². The van der Waals surface area contributed by atoms with Gasteiger partial charge in [-0.25, -0.2) is 9.59 Å². The van der Waals surface area contributed by atoms with Crippen LogP contribution in [0.4, 0.5) is 16.2 Å². The fourth-order valence-electron chi connectivity index (χ4n) is 1.39. The van der Waals surface area contributed by atoms with Crippen LogP contribution in [-0.2, 0) is 14.3 Å². The van der Waals surface area contributed by atoms with Gasteiger partial charge in [0.25, 0.3) is 5.91 Å². The van der Waals surface area contributed by atoms with Crippen LogP contribution in [0.3, 0.4) is 0 Å². The number of rotatable bonds is 5. The largest absolute Gasteiger partial charge is 0.464 e. The van der Waals surface area contributed by atoms with Gasteiger partial charge in [-0.05, 0) is 31.2 Å². The van der Waals surface area contributed by atoms with E-state index in [1.807, 2.05) is 0 Å². The van der Waals surface area contributed by atoms with Crippen molar-refractivity contribution in [3.05, 3.63) is 24.3 Å². The summed E-state index contributed by atoms with van der Waals surface area (Å²) in [5.74, 6) is -1.45. The van der Waals surface area contributed by atoms with Crippen molar-refractivity contribution in [1.29, 1.82) is 0 Å². The van der Waals surface area contributed by atoms with Crippen molar-refractivity contribution in [3.63, 3.8) is 0 Å². The monoisotopic (exact) mass is 294 g/mol. The average Bonchev–Trinajstić information content (AvgIpc) is 2.48. The minimum Gasteiger partial charge on any atom is -0.464 e. The van der Waals surface area contributed by atoms with Crippen molar-refractivity contribution in [2.24, 2.45) is 5.73 Å². The van der Waals surface area contributed by atoms with Gasteiger partial charge in [0.1, 0.15) is 0 Å². The van der Waals surface area contributed by atoms with Gasteiger partial charge in [-0.15, -0.1) is 0 Å². The Bertz CT molecular complexity index is 515. The Morgan fingerprint density at radius 1 is 1.14 bits per heavy atom. The Labute approximate surface area is 122 Å². The second-order valence-corrected chi connectivity index (χ2v) is 4.00. The second kappa shape index (κ2) is 7.85.